The van der Waals surface area contributed by atoms with Crippen LogP contribution in [0, 0.1) is 0 Å². The van der Waals surface area contributed by atoms with Crippen LogP contribution < -0.4 is 5.73 Å². The number of nitrogens with zero attached hydrogens (tertiary/aromatic N) is 2. The van der Waals surface area contributed by atoms with Crippen molar-refractivity contribution in [3.8, 4) is 0 Å². The molecule has 90 valence electrons. The number of rotatable bonds is 3. The second-order valence-electron chi connectivity index (χ2n) is 4.14. The Kier molecular flexibility index (Phi) is 3.49. The Morgan fingerprint density at radius 3 is 3.00 bits per heavy atom. The van der Waals surface area contributed by atoms with E-state index in [0.29, 0.717) is 25.8 Å². The van der Waals surface area contributed by atoms with Crippen LogP contribution >= 0.6 is 0 Å². The molecule has 1 aromatic heterocycles. The number of carbonyl (C=O) groups is 2. The first-order valence-corrected chi connectivity index (χ1v) is 5.67. The Morgan fingerprint density at radius 2 is 2.29 bits per heavy atom. The summed E-state index contributed by atoms with van der Waals surface area (Å²) < 4.78 is 0. The molecule has 0 spiro atoms. The maximum atomic E-state index is 11.7. The Hall–Kier alpha value is -1.75. The molecule has 1 saturated heterocycles. The van der Waals surface area contributed by atoms with Gasteiger partial charge in [0.05, 0.1) is 6.04 Å². The summed E-state index contributed by atoms with van der Waals surface area (Å²) in [5.41, 5.74) is 6.65. The molecule has 2 rings (SSSR count). The maximum absolute atomic E-state index is 11.7. The van der Waals surface area contributed by atoms with Crippen molar-refractivity contribution in [1.82, 2.24) is 9.88 Å². The van der Waals surface area contributed by atoms with Gasteiger partial charge < -0.3 is 5.73 Å². The molecule has 0 radical (unpaired) electrons. The Labute approximate surface area is 99.6 Å². The molecule has 2 N–H and O–H groups in total. The van der Waals surface area contributed by atoms with Crippen molar-refractivity contribution >= 4 is 11.8 Å². The summed E-state index contributed by atoms with van der Waals surface area (Å²) in [5.74, 6) is -0.384. The van der Waals surface area contributed by atoms with E-state index in [1.54, 1.807) is 12.4 Å². The zero-order valence-corrected chi connectivity index (χ0v) is 9.50. The summed E-state index contributed by atoms with van der Waals surface area (Å²) in [6, 6.07) is 3.23. The minimum absolute atomic E-state index is 0.124. The van der Waals surface area contributed by atoms with Gasteiger partial charge in [0.15, 0.2) is 0 Å². The van der Waals surface area contributed by atoms with Gasteiger partial charge in [0.2, 0.25) is 11.8 Å². The summed E-state index contributed by atoms with van der Waals surface area (Å²) in [4.78, 5) is 28.6. The van der Waals surface area contributed by atoms with E-state index in [9.17, 15) is 9.59 Å². The molecule has 17 heavy (non-hydrogen) atoms. The highest BCUT2D eigenvalue weighted by molar-refractivity contribution is 6.00. The fourth-order valence-corrected chi connectivity index (χ4v) is 1.88. The molecule has 1 atom stereocenters. The first kappa shape index (κ1) is 11.7. The van der Waals surface area contributed by atoms with E-state index in [1.165, 1.54) is 4.90 Å². The minimum atomic E-state index is -0.526. The molecule has 5 nitrogen and oxygen atoms in total. The Bertz CT molecular complexity index is 419. The normalized spacial score (nSPS) is 20.8. The predicted octanol–water partition coefficient (Wildman–Crippen LogP) is 0.100. The van der Waals surface area contributed by atoms with Crippen LogP contribution in [0.3, 0.4) is 0 Å². The first-order chi connectivity index (χ1) is 8.18. The van der Waals surface area contributed by atoms with Gasteiger partial charge in [-0.2, -0.15) is 0 Å². The highest BCUT2D eigenvalue weighted by Crippen LogP contribution is 2.12. The van der Waals surface area contributed by atoms with Crippen LogP contribution in [0.15, 0.2) is 24.5 Å². The van der Waals surface area contributed by atoms with Crippen LogP contribution in [0.25, 0.3) is 0 Å². The highest BCUT2D eigenvalue weighted by atomic mass is 16.2. The number of hydrogen-bond donors (Lipinski definition) is 1. The molecule has 0 aromatic carbocycles. The monoisotopic (exact) mass is 233 g/mol. The van der Waals surface area contributed by atoms with Gasteiger partial charge in [-0.1, -0.05) is 6.07 Å². The van der Waals surface area contributed by atoms with Gasteiger partial charge >= 0.3 is 0 Å². The van der Waals surface area contributed by atoms with Crippen LogP contribution in [0.5, 0.6) is 0 Å². The number of likely N-dealkylation sites (tertiary alicyclic amines) is 1. The third-order valence-corrected chi connectivity index (χ3v) is 2.90. The SMILES string of the molecule is NC1CCC(=O)N(CCc2cccnc2)C1=O. The second kappa shape index (κ2) is 5.05. The smallest absolute Gasteiger partial charge is 0.246 e. The Morgan fingerprint density at radius 1 is 1.47 bits per heavy atom. The molecule has 5 heteroatoms. The number of imide groups is 1. The van der Waals surface area contributed by atoms with Gasteiger partial charge in [-0.05, 0) is 24.5 Å². The number of amides is 2. The third-order valence-electron chi connectivity index (χ3n) is 2.90. The second-order valence-corrected chi connectivity index (χ2v) is 4.14. The van der Waals surface area contributed by atoms with Gasteiger partial charge in [0, 0.05) is 25.4 Å². The summed E-state index contributed by atoms with van der Waals surface area (Å²) >= 11 is 0. The lowest BCUT2D eigenvalue weighted by atomic mass is 10.0. The van der Waals surface area contributed by atoms with Crippen molar-refractivity contribution < 1.29 is 9.59 Å². The zero-order valence-electron chi connectivity index (χ0n) is 9.50. The molecule has 1 aliphatic rings. The molecule has 2 amide bonds. The maximum Gasteiger partial charge on any atom is 0.246 e. The fourth-order valence-electron chi connectivity index (χ4n) is 1.88. The molecule has 1 fully saturated rings. The van der Waals surface area contributed by atoms with E-state index in [1.807, 2.05) is 12.1 Å². The van der Waals surface area contributed by atoms with E-state index >= 15 is 0 Å². The standard InChI is InChI=1S/C12H15N3O2/c13-10-3-4-11(16)15(12(10)17)7-5-9-2-1-6-14-8-9/h1-2,6,8,10H,3-5,7,13H2. The predicted molar refractivity (Wildman–Crippen MR) is 61.9 cm³/mol. The topological polar surface area (TPSA) is 76.3 Å². The molecule has 1 aromatic rings. The van der Waals surface area contributed by atoms with Crippen molar-refractivity contribution in [2.75, 3.05) is 6.54 Å². The number of pyridine rings is 1. The van der Waals surface area contributed by atoms with Gasteiger partial charge in [0.1, 0.15) is 0 Å². The Balaban J connectivity index is 1.98. The number of hydrogen-bond acceptors (Lipinski definition) is 4. The lowest BCUT2D eigenvalue weighted by Crippen LogP contribution is -2.51. The average molecular weight is 233 g/mol. The average Bonchev–Trinajstić information content (AvgIpc) is 2.35. The van der Waals surface area contributed by atoms with Crippen molar-refractivity contribution in [2.45, 2.75) is 25.3 Å². The van der Waals surface area contributed by atoms with Crippen molar-refractivity contribution in [2.24, 2.45) is 5.73 Å². The summed E-state index contributed by atoms with van der Waals surface area (Å²) in [7, 11) is 0. The van der Waals surface area contributed by atoms with Crippen LogP contribution in [-0.2, 0) is 16.0 Å². The van der Waals surface area contributed by atoms with Crippen LogP contribution in [-0.4, -0.2) is 34.3 Å². The molecule has 0 saturated carbocycles. The van der Waals surface area contributed by atoms with Crippen LogP contribution in [0.2, 0.25) is 0 Å². The van der Waals surface area contributed by atoms with E-state index in [0.717, 1.165) is 5.56 Å². The van der Waals surface area contributed by atoms with Gasteiger partial charge in [-0.15, -0.1) is 0 Å². The molecule has 0 aliphatic carbocycles. The molecule has 2 heterocycles. The number of aromatic nitrogens is 1. The molecule has 1 unspecified atom stereocenters. The van der Waals surface area contributed by atoms with Gasteiger partial charge in [-0.25, -0.2) is 0 Å². The lowest BCUT2D eigenvalue weighted by Gasteiger charge is -2.28. The van der Waals surface area contributed by atoms with Crippen molar-refractivity contribution in [3.63, 3.8) is 0 Å². The summed E-state index contributed by atoms with van der Waals surface area (Å²) in [5, 5.41) is 0. The van der Waals surface area contributed by atoms with Crippen molar-refractivity contribution in [3.05, 3.63) is 30.1 Å². The summed E-state index contributed by atoms with van der Waals surface area (Å²) in [6.45, 7) is 0.386. The van der Waals surface area contributed by atoms with E-state index in [-0.39, 0.29) is 11.8 Å². The number of nitrogens with two attached hydrogens (primary N) is 1. The molecular weight excluding hydrogens is 218 g/mol. The molecule has 0 bridgehead atoms. The van der Waals surface area contributed by atoms with E-state index in [4.69, 9.17) is 5.73 Å². The minimum Gasteiger partial charge on any atom is -0.320 e. The van der Waals surface area contributed by atoms with Crippen LogP contribution in [0.4, 0.5) is 0 Å². The van der Waals surface area contributed by atoms with Crippen LogP contribution in [0.1, 0.15) is 18.4 Å². The van der Waals surface area contributed by atoms with E-state index in [2.05, 4.69) is 4.98 Å². The van der Waals surface area contributed by atoms with Crippen molar-refractivity contribution in [1.29, 1.82) is 0 Å². The quantitative estimate of drug-likeness (QED) is 0.751. The fraction of sp³-hybridized carbons (Fsp3) is 0.417. The largest absolute Gasteiger partial charge is 0.320 e. The zero-order chi connectivity index (χ0) is 12.3. The van der Waals surface area contributed by atoms with E-state index < -0.39 is 6.04 Å². The number of carbonyl (C=O) groups excluding carboxylic acids is 2. The first-order valence-electron chi connectivity index (χ1n) is 5.67. The van der Waals surface area contributed by atoms with Gasteiger partial charge in [-0.3, -0.25) is 19.5 Å². The third kappa shape index (κ3) is 2.68. The summed E-state index contributed by atoms with van der Waals surface area (Å²) in [6.07, 6.45) is 4.87. The number of piperidine rings is 1. The molecular formula is C12H15N3O2. The lowest BCUT2D eigenvalue weighted by molar-refractivity contribution is -0.149. The molecule has 1 aliphatic heterocycles. The highest BCUT2D eigenvalue weighted by Gasteiger charge is 2.31. The van der Waals surface area contributed by atoms with Gasteiger partial charge in [0.25, 0.3) is 0 Å².